The zero-order valence-electron chi connectivity index (χ0n) is 11.9. The predicted octanol–water partition coefficient (Wildman–Crippen LogP) is 2.84. The van der Waals surface area contributed by atoms with E-state index in [1.54, 1.807) is 0 Å². The highest BCUT2D eigenvalue weighted by Gasteiger charge is 2.20. The van der Waals surface area contributed by atoms with Crippen LogP contribution >= 0.6 is 12.4 Å². The van der Waals surface area contributed by atoms with Crippen molar-refractivity contribution >= 4 is 24.0 Å². The van der Waals surface area contributed by atoms with Gasteiger partial charge in [-0.15, -0.1) is 12.4 Å². The molecule has 0 atom stereocenters. The predicted molar refractivity (Wildman–Crippen MR) is 83.7 cm³/mol. The molecule has 1 aromatic carbocycles. The summed E-state index contributed by atoms with van der Waals surface area (Å²) in [4.78, 5) is 11.7. The summed E-state index contributed by atoms with van der Waals surface area (Å²) in [5.74, 6) is 1.64. The maximum atomic E-state index is 11.7. The van der Waals surface area contributed by atoms with Crippen molar-refractivity contribution in [3.05, 3.63) is 24.3 Å². The van der Waals surface area contributed by atoms with Crippen molar-refractivity contribution in [3.63, 3.8) is 0 Å². The van der Waals surface area contributed by atoms with Gasteiger partial charge < -0.3 is 15.4 Å². The lowest BCUT2D eigenvalue weighted by atomic mass is 10.3. The topological polar surface area (TPSA) is 50.4 Å². The van der Waals surface area contributed by atoms with Crippen LogP contribution in [-0.2, 0) is 4.79 Å². The van der Waals surface area contributed by atoms with Crippen molar-refractivity contribution in [1.29, 1.82) is 0 Å². The van der Waals surface area contributed by atoms with Gasteiger partial charge in [-0.25, -0.2) is 0 Å². The fourth-order valence-corrected chi connectivity index (χ4v) is 1.77. The summed E-state index contributed by atoms with van der Waals surface area (Å²) in [6.45, 7) is 4.13. The number of benzene rings is 1. The van der Waals surface area contributed by atoms with Gasteiger partial charge in [0.1, 0.15) is 5.75 Å². The summed E-state index contributed by atoms with van der Waals surface area (Å²) in [6, 6.07) is 7.49. The molecule has 1 amide bonds. The van der Waals surface area contributed by atoms with Gasteiger partial charge in [0.2, 0.25) is 5.91 Å². The number of carbonyl (C=O) groups is 1. The number of amides is 1. The van der Waals surface area contributed by atoms with E-state index >= 15 is 0 Å². The maximum Gasteiger partial charge on any atom is 0.238 e. The zero-order valence-corrected chi connectivity index (χ0v) is 12.7. The summed E-state index contributed by atoms with van der Waals surface area (Å²) < 4.78 is 5.49. The number of ether oxygens (including phenoxy) is 1. The molecule has 2 N–H and O–H groups in total. The summed E-state index contributed by atoms with van der Waals surface area (Å²) >= 11 is 0. The van der Waals surface area contributed by atoms with E-state index in [9.17, 15) is 4.79 Å². The second-order valence-electron chi connectivity index (χ2n) is 5.00. The van der Waals surface area contributed by atoms with Crippen LogP contribution in [0.4, 0.5) is 5.69 Å². The molecular formula is C15H23ClN2O2. The molecule has 0 saturated heterocycles. The van der Waals surface area contributed by atoms with Gasteiger partial charge in [-0.3, -0.25) is 4.79 Å². The first-order valence-corrected chi connectivity index (χ1v) is 7.01. The summed E-state index contributed by atoms with van der Waals surface area (Å²) in [5, 5.41) is 6.03. The van der Waals surface area contributed by atoms with Gasteiger partial charge >= 0.3 is 0 Å². The lowest BCUT2D eigenvalue weighted by Gasteiger charge is -2.08. The van der Waals surface area contributed by atoms with Gasteiger partial charge in [-0.05, 0) is 56.0 Å². The Morgan fingerprint density at radius 3 is 2.60 bits per heavy atom. The van der Waals surface area contributed by atoms with Crippen LogP contribution in [0.2, 0.25) is 0 Å². The average Bonchev–Trinajstić information content (AvgIpc) is 3.22. The molecule has 1 aromatic rings. The summed E-state index contributed by atoms with van der Waals surface area (Å²) in [7, 11) is 0. The fourth-order valence-electron chi connectivity index (χ4n) is 1.77. The Kier molecular flexibility index (Phi) is 7.41. The molecule has 1 aliphatic carbocycles. The standard InChI is InChI=1S/C15H22N2O2.ClH/c1-2-9-19-14-7-5-13(6-8-14)17-15(18)11-16-10-12-3-4-12;/h5-8,12,16H,2-4,9-11H2,1H3,(H,17,18);1H. The van der Waals surface area contributed by atoms with Gasteiger partial charge in [-0.2, -0.15) is 0 Å². The Labute approximate surface area is 126 Å². The minimum atomic E-state index is 0. The van der Waals surface area contributed by atoms with Crippen molar-refractivity contribution in [2.75, 3.05) is 25.0 Å². The first-order valence-electron chi connectivity index (χ1n) is 7.01. The molecule has 112 valence electrons. The van der Waals surface area contributed by atoms with E-state index in [1.165, 1.54) is 12.8 Å². The smallest absolute Gasteiger partial charge is 0.238 e. The highest BCUT2D eigenvalue weighted by atomic mass is 35.5. The third-order valence-electron chi connectivity index (χ3n) is 3.03. The molecule has 1 fully saturated rings. The molecule has 0 radical (unpaired) electrons. The largest absolute Gasteiger partial charge is 0.494 e. The fraction of sp³-hybridized carbons (Fsp3) is 0.533. The first kappa shape index (κ1) is 16.8. The third kappa shape index (κ3) is 6.26. The van der Waals surface area contributed by atoms with Crippen LogP contribution in [0.3, 0.4) is 0 Å². The van der Waals surface area contributed by atoms with Crippen molar-refractivity contribution in [3.8, 4) is 5.75 Å². The first-order chi connectivity index (χ1) is 9.28. The number of hydrogen-bond donors (Lipinski definition) is 2. The van der Waals surface area contributed by atoms with E-state index in [0.29, 0.717) is 6.54 Å². The van der Waals surface area contributed by atoms with E-state index in [2.05, 4.69) is 17.6 Å². The quantitative estimate of drug-likeness (QED) is 0.776. The lowest BCUT2D eigenvalue weighted by Crippen LogP contribution is -2.29. The number of carbonyl (C=O) groups excluding carboxylic acids is 1. The molecule has 0 bridgehead atoms. The molecule has 4 nitrogen and oxygen atoms in total. The normalized spacial score (nSPS) is 13.4. The lowest BCUT2D eigenvalue weighted by molar-refractivity contribution is -0.115. The van der Waals surface area contributed by atoms with Crippen LogP contribution in [0.1, 0.15) is 26.2 Å². The SMILES string of the molecule is CCCOc1ccc(NC(=O)CNCC2CC2)cc1.Cl. The minimum absolute atomic E-state index is 0. The Hall–Kier alpha value is -1.26. The molecule has 0 spiro atoms. The number of nitrogens with one attached hydrogen (secondary N) is 2. The van der Waals surface area contributed by atoms with Crippen LogP contribution in [0.25, 0.3) is 0 Å². The molecule has 0 aromatic heterocycles. The van der Waals surface area contributed by atoms with Crippen LogP contribution in [0.5, 0.6) is 5.75 Å². The molecular weight excluding hydrogens is 276 g/mol. The van der Waals surface area contributed by atoms with Crippen molar-refractivity contribution in [2.24, 2.45) is 5.92 Å². The number of anilines is 1. The van der Waals surface area contributed by atoms with E-state index in [4.69, 9.17) is 4.74 Å². The number of halogens is 1. The maximum absolute atomic E-state index is 11.7. The molecule has 0 heterocycles. The van der Waals surface area contributed by atoms with E-state index < -0.39 is 0 Å². The summed E-state index contributed by atoms with van der Waals surface area (Å²) in [6.07, 6.45) is 3.59. The molecule has 0 unspecified atom stereocenters. The third-order valence-corrected chi connectivity index (χ3v) is 3.03. The van der Waals surface area contributed by atoms with Crippen LogP contribution in [0, 0.1) is 5.92 Å². The molecule has 5 heteroatoms. The van der Waals surface area contributed by atoms with Gasteiger partial charge in [-0.1, -0.05) is 6.92 Å². The Balaban J connectivity index is 0.00000200. The highest BCUT2D eigenvalue weighted by Crippen LogP contribution is 2.27. The average molecular weight is 299 g/mol. The monoisotopic (exact) mass is 298 g/mol. The molecule has 0 aliphatic heterocycles. The molecule has 1 aliphatic rings. The van der Waals surface area contributed by atoms with Crippen molar-refractivity contribution in [2.45, 2.75) is 26.2 Å². The van der Waals surface area contributed by atoms with Gasteiger partial charge in [0.05, 0.1) is 13.2 Å². The van der Waals surface area contributed by atoms with Gasteiger partial charge in [0, 0.05) is 5.69 Å². The second-order valence-corrected chi connectivity index (χ2v) is 5.00. The Morgan fingerprint density at radius 2 is 2.00 bits per heavy atom. The van der Waals surface area contributed by atoms with E-state index in [0.717, 1.165) is 36.9 Å². The van der Waals surface area contributed by atoms with Gasteiger partial charge in [0.15, 0.2) is 0 Å². The zero-order chi connectivity index (χ0) is 13.5. The number of hydrogen-bond acceptors (Lipinski definition) is 3. The molecule has 20 heavy (non-hydrogen) atoms. The van der Waals surface area contributed by atoms with Crippen molar-refractivity contribution in [1.82, 2.24) is 5.32 Å². The van der Waals surface area contributed by atoms with Gasteiger partial charge in [0.25, 0.3) is 0 Å². The van der Waals surface area contributed by atoms with Crippen LogP contribution < -0.4 is 15.4 Å². The second kappa shape index (κ2) is 8.82. The van der Waals surface area contributed by atoms with Crippen LogP contribution in [-0.4, -0.2) is 25.6 Å². The van der Waals surface area contributed by atoms with Crippen LogP contribution in [0.15, 0.2) is 24.3 Å². The highest BCUT2D eigenvalue weighted by molar-refractivity contribution is 5.92. The Morgan fingerprint density at radius 1 is 1.30 bits per heavy atom. The van der Waals surface area contributed by atoms with Crippen molar-refractivity contribution < 1.29 is 9.53 Å². The number of rotatable bonds is 8. The molecule has 1 saturated carbocycles. The summed E-state index contributed by atoms with van der Waals surface area (Å²) in [5.41, 5.74) is 0.807. The molecule has 2 rings (SSSR count). The minimum Gasteiger partial charge on any atom is -0.494 e. The van der Waals surface area contributed by atoms with E-state index in [1.807, 2.05) is 24.3 Å². The Bertz CT molecular complexity index is 405. The van der Waals surface area contributed by atoms with E-state index in [-0.39, 0.29) is 18.3 Å².